The Hall–Kier alpha value is -0.0800. The van der Waals surface area contributed by atoms with Gasteiger partial charge in [-0.15, -0.1) is 0 Å². The van der Waals surface area contributed by atoms with E-state index in [4.69, 9.17) is 4.74 Å². The molecule has 0 amide bonds. The van der Waals surface area contributed by atoms with Gasteiger partial charge < -0.3 is 4.74 Å². The number of nitrogens with one attached hydrogen (secondary N) is 1. The third-order valence-corrected chi connectivity index (χ3v) is 0.979. The molecule has 0 aliphatic carbocycles. The minimum Gasteiger partial charge on any atom is -0.360 e. The standard InChI is InChI=1S/C5H10NO/c1-2-4-7-5-6-3-1/h4,6H,1-3,5H2. The van der Waals surface area contributed by atoms with E-state index in [1.54, 1.807) is 0 Å². The highest BCUT2D eigenvalue weighted by Crippen LogP contribution is 1.96. The minimum atomic E-state index is 0.694. The van der Waals surface area contributed by atoms with Crippen molar-refractivity contribution in [2.45, 2.75) is 12.8 Å². The first kappa shape index (κ1) is 5.06. The number of hydrogen-bond acceptors (Lipinski definition) is 2. The van der Waals surface area contributed by atoms with Crippen molar-refractivity contribution in [3.63, 3.8) is 0 Å². The molecule has 1 rings (SSSR count). The third kappa shape index (κ3) is 1.90. The van der Waals surface area contributed by atoms with Gasteiger partial charge in [-0.05, 0) is 19.4 Å². The van der Waals surface area contributed by atoms with Crippen LogP contribution >= 0.6 is 0 Å². The molecule has 7 heavy (non-hydrogen) atoms. The molecule has 1 fully saturated rings. The number of ether oxygens (including phenoxy) is 1. The van der Waals surface area contributed by atoms with Crippen LogP contribution < -0.4 is 5.32 Å². The topological polar surface area (TPSA) is 21.3 Å². The van der Waals surface area contributed by atoms with E-state index < -0.39 is 0 Å². The van der Waals surface area contributed by atoms with E-state index in [0.717, 1.165) is 13.0 Å². The van der Waals surface area contributed by atoms with Crippen LogP contribution in [0.5, 0.6) is 0 Å². The van der Waals surface area contributed by atoms with Crippen LogP contribution in [0.2, 0.25) is 0 Å². The average Bonchev–Trinajstić information content (AvgIpc) is 1.90. The largest absolute Gasteiger partial charge is 0.360 e. The molecule has 0 saturated carbocycles. The summed E-state index contributed by atoms with van der Waals surface area (Å²) in [6.45, 7) is 3.65. The summed E-state index contributed by atoms with van der Waals surface area (Å²) in [5.41, 5.74) is 0. The van der Waals surface area contributed by atoms with E-state index >= 15 is 0 Å². The van der Waals surface area contributed by atoms with Crippen molar-refractivity contribution in [1.29, 1.82) is 0 Å². The van der Waals surface area contributed by atoms with E-state index in [1.807, 2.05) is 6.61 Å². The normalized spacial score (nSPS) is 24.0. The molecule has 1 N–H and O–H groups in total. The quantitative estimate of drug-likeness (QED) is 0.478. The Labute approximate surface area is 43.9 Å². The SMILES string of the molecule is [CH]1CCCNCO1. The first-order valence-electron chi connectivity index (χ1n) is 2.64. The van der Waals surface area contributed by atoms with Crippen molar-refractivity contribution in [3.05, 3.63) is 6.61 Å². The Morgan fingerprint density at radius 2 is 2.57 bits per heavy atom. The zero-order valence-corrected chi connectivity index (χ0v) is 4.31. The minimum absolute atomic E-state index is 0.694. The monoisotopic (exact) mass is 100 g/mol. The summed E-state index contributed by atoms with van der Waals surface area (Å²) in [5.74, 6) is 0. The molecule has 41 valence electrons. The average molecular weight is 100 g/mol. The van der Waals surface area contributed by atoms with Gasteiger partial charge in [0.2, 0.25) is 0 Å². The number of rotatable bonds is 0. The second-order valence-corrected chi connectivity index (χ2v) is 1.62. The summed E-state index contributed by atoms with van der Waals surface area (Å²) in [5, 5.41) is 3.09. The summed E-state index contributed by atoms with van der Waals surface area (Å²) < 4.78 is 4.96. The molecule has 0 atom stereocenters. The van der Waals surface area contributed by atoms with Gasteiger partial charge in [-0.2, -0.15) is 0 Å². The Morgan fingerprint density at radius 1 is 1.57 bits per heavy atom. The van der Waals surface area contributed by atoms with Gasteiger partial charge in [0.25, 0.3) is 0 Å². The summed E-state index contributed by atoms with van der Waals surface area (Å²) in [7, 11) is 0. The molecular weight excluding hydrogens is 90.1 g/mol. The fraction of sp³-hybridized carbons (Fsp3) is 0.800. The van der Waals surface area contributed by atoms with Crippen molar-refractivity contribution in [2.24, 2.45) is 0 Å². The van der Waals surface area contributed by atoms with Crippen LogP contribution in [0, 0.1) is 6.61 Å². The fourth-order valence-electron chi connectivity index (χ4n) is 0.584. The summed E-state index contributed by atoms with van der Waals surface area (Å²) in [4.78, 5) is 0. The van der Waals surface area contributed by atoms with Gasteiger partial charge in [-0.25, -0.2) is 0 Å². The highest BCUT2D eigenvalue weighted by molar-refractivity contribution is 4.56. The van der Waals surface area contributed by atoms with Gasteiger partial charge in [-0.1, -0.05) is 0 Å². The molecule has 0 aromatic rings. The van der Waals surface area contributed by atoms with Crippen LogP contribution in [-0.2, 0) is 4.74 Å². The van der Waals surface area contributed by atoms with Crippen molar-refractivity contribution >= 4 is 0 Å². The molecule has 1 aliphatic rings. The van der Waals surface area contributed by atoms with E-state index in [1.165, 1.54) is 6.42 Å². The molecule has 0 aromatic carbocycles. The van der Waals surface area contributed by atoms with E-state index in [-0.39, 0.29) is 0 Å². The Balaban J connectivity index is 2.04. The van der Waals surface area contributed by atoms with Gasteiger partial charge in [0.05, 0.1) is 13.3 Å². The first-order valence-corrected chi connectivity index (χ1v) is 2.64. The maximum atomic E-state index is 4.96. The van der Waals surface area contributed by atoms with Gasteiger partial charge >= 0.3 is 0 Å². The summed E-state index contributed by atoms with van der Waals surface area (Å²) in [6.07, 6.45) is 2.30. The van der Waals surface area contributed by atoms with Gasteiger partial charge in [0.15, 0.2) is 0 Å². The summed E-state index contributed by atoms with van der Waals surface area (Å²) in [6, 6.07) is 0. The number of hydrogen-bond donors (Lipinski definition) is 1. The lowest BCUT2D eigenvalue weighted by Crippen LogP contribution is -2.14. The van der Waals surface area contributed by atoms with Gasteiger partial charge in [-0.3, -0.25) is 5.32 Å². The molecule has 1 aliphatic heterocycles. The Morgan fingerprint density at radius 3 is 3.57 bits per heavy atom. The lowest BCUT2D eigenvalue weighted by molar-refractivity contribution is 0.188. The molecule has 0 spiro atoms. The molecule has 1 saturated heterocycles. The predicted octanol–water partition coefficient (Wildman–Crippen LogP) is 0.506. The van der Waals surface area contributed by atoms with E-state index in [2.05, 4.69) is 5.32 Å². The lowest BCUT2D eigenvalue weighted by Gasteiger charge is -1.93. The molecular formula is C5H10NO. The summed E-state index contributed by atoms with van der Waals surface area (Å²) >= 11 is 0. The van der Waals surface area contributed by atoms with Crippen LogP contribution in [0.25, 0.3) is 0 Å². The highest BCUT2D eigenvalue weighted by atomic mass is 16.5. The third-order valence-electron chi connectivity index (χ3n) is 0.979. The molecule has 0 unspecified atom stereocenters. The fourth-order valence-corrected chi connectivity index (χ4v) is 0.584. The second-order valence-electron chi connectivity index (χ2n) is 1.62. The van der Waals surface area contributed by atoms with Crippen LogP contribution in [0.3, 0.4) is 0 Å². The van der Waals surface area contributed by atoms with Crippen molar-refractivity contribution in [3.8, 4) is 0 Å². The molecule has 1 heterocycles. The maximum Gasteiger partial charge on any atom is 0.0970 e. The second kappa shape index (κ2) is 2.99. The maximum absolute atomic E-state index is 4.96. The van der Waals surface area contributed by atoms with Gasteiger partial charge in [0, 0.05) is 0 Å². The molecule has 0 bridgehead atoms. The first-order chi connectivity index (χ1) is 3.50. The zero-order chi connectivity index (χ0) is 4.95. The van der Waals surface area contributed by atoms with E-state index in [0.29, 0.717) is 6.73 Å². The lowest BCUT2D eigenvalue weighted by atomic mass is 10.3. The van der Waals surface area contributed by atoms with Crippen LogP contribution in [0.1, 0.15) is 12.8 Å². The van der Waals surface area contributed by atoms with Crippen LogP contribution in [0.4, 0.5) is 0 Å². The van der Waals surface area contributed by atoms with Gasteiger partial charge in [0.1, 0.15) is 0 Å². The molecule has 0 aromatic heterocycles. The Kier molecular flexibility index (Phi) is 2.17. The van der Waals surface area contributed by atoms with Crippen LogP contribution in [-0.4, -0.2) is 13.3 Å². The zero-order valence-electron chi connectivity index (χ0n) is 4.31. The van der Waals surface area contributed by atoms with Crippen LogP contribution in [0.15, 0.2) is 0 Å². The van der Waals surface area contributed by atoms with Crippen molar-refractivity contribution in [1.82, 2.24) is 5.32 Å². The highest BCUT2D eigenvalue weighted by Gasteiger charge is 1.94. The Bertz CT molecular complexity index is 27.7. The smallest absolute Gasteiger partial charge is 0.0970 e. The molecule has 2 nitrogen and oxygen atoms in total. The molecule has 2 heteroatoms. The van der Waals surface area contributed by atoms with Crippen molar-refractivity contribution < 1.29 is 4.74 Å². The predicted molar refractivity (Wildman–Crippen MR) is 27.5 cm³/mol. The molecule has 1 radical (unpaired) electrons. The van der Waals surface area contributed by atoms with E-state index in [9.17, 15) is 0 Å². The van der Waals surface area contributed by atoms with Crippen molar-refractivity contribution in [2.75, 3.05) is 13.3 Å².